The number of alkyl carbamates (subject to hydrolysis) is 1. The van der Waals surface area contributed by atoms with E-state index in [4.69, 9.17) is 15.2 Å². The average molecular weight is 574 g/mol. The first-order valence-electron chi connectivity index (χ1n) is 13.4. The third kappa shape index (κ3) is 11.9. The summed E-state index contributed by atoms with van der Waals surface area (Å²) in [6.07, 6.45) is 0.429. The molecule has 0 aliphatic carbocycles. The van der Waals surface area contributed by atoms with Crippen LogP contribution in [0, 0.1) is 13.8 Å². The molecule has 0 atom stereocenters. The highest BCUT2D eigenvalue weighted by Gasteiger charge is 2.21. The second-order valence-electron chi connectivity index (χ2n) is 11.5. The zero-order valence-electron chi connectivity index (χ0n) is 24.9. The number of carbonyl (C=O) groups is 3. The monoisotopic (exact) mass is 573 g/mol. The molecule has 0 fully saturated rings. The number of carbonyl (C=O) groups excluding carboxylic acids is 3. The van der Waals surface area contributed by atoms with Crippen LogP contribution in [0.1, 0.15) is 75.9 Å². The van der Waals surface area contributed by atoms with Gasteiger partial charge in [-0.2, -0.15) is 0 Å². The van der Waals surface area contributed by atoms with Crippen LogP contribution in [0.4, 0.5) is 10.7 Å². The number of ketones is 1. The maximum atomic E-state index is 12.8. The van der Waals surface area contributed by atoms with Gasteiger partial charge >= 0.3 is 12.1 Å². The normalized spacial score (nSPS) is 11.7. The molecule has 1 amide bonds. The first kappa shape index (κ1) is 33.0. The van der Waals surface area contributed by atoms with Crippen molar-refractivity contribution in [3.8, 4) is 11.3 Å². The zero-order valence-corrected chi connectivity index (χ0v) is 25.7. The number of nitrogens with zero attached hydrogens (tertiary/aromatic N) is 2. The number of hydrogen-bond acceptors (Lipinski definition) is 10. The number of nitrogen functional groups attached to an aromatic ring is 1. The summed E-state index contributed by atoms with van der Waals surface area (Å²) in [6, 6.07) is 5.58. The molecule has 0 saturated heterocycles. The van der Waals surface area contributed by atoms with Crippen molar-refractivity contribution in [2.75, 3.05) is 31.1 Å². The topological polar surface area (TPSA) is 146 Å². The van der Waals surface area contributed by atoms with Crippen molar-refractivity contribution in [3.05, 3.63) is 34.9 Å². The highest BCUT2D eigenvalue weighted by Crippen LogP contribution is 2.29. The Hall–Kier alpha value is -3.18. The minimum Gasteiger partial charge on any atom is -0.456 e. The van der Waals surface area contributed by atoms with E-state index < -0.39 is 17.3 Å². The molecule has 0 aliphatic heterocycles. The lowest BCUT2D eigenvalue weighted by molar-refractivity contribution is -0.118. The van der Waals surface area contributed by atoms with Crippen molar-refractivity contribution >= 4 is 35.6 Å². The van der Waals surface area contributed by atoms with E-state index in [9.17, 15) is 14.4 Å². The molecule has 220 valence electrons. The fourth-order valence-electron chi connectivity index (χ4n) is 3.67. The second kappa shape index (κ2) is 14.5. The Kier molecular flexibility index (Phi) is 11.9. The first-order chi connectivity index (χ1) is 18.5. The van der Waals surface area contributed by atoms with Crippen molar-refractivity contribution in [1.82, 2.24) is 20.6 Å². The predicted octanol–water partition coefficient (Wildman–Crippen LogP) is 4.85. The second-order valence-corrected chi connectivity index (χ2v) is 12.6. The number of nitrogens with two attached hydrogens (primary N) is 1. The number of thioether (sulfide) groups is 1. The third-order valence-corrected chi connectivity index (χ3v) is 6.25. The minimum atomic E-state index is -0.602. The predicted molar refractivity (Wildman–Crippen MR) is 159 cm³/mol. The zero-order chi connectivity index (χ0) is 30.1. The number of ether oxygens (including phenoxy) is 2. The van der Waals surface area contributed by atoms with Crippen LogP contribution < -0.4 is 16.4 Å². The molecule has 0 bridgehead atoms. The van der Waals surface area contributed by atoms with Gasteiger partial charge in [-0.3, -0.25) is 4.79 Å². The van der Waals surface area contributed by atoms with E-state index in [1.165, 1.54) is 11.8 Å². The fourth-order valence-corrected chi connectivity index (χ4v) is 4.48. The standard InChI is InChI=1S/C29H43N5O5S/c1-18-14-19(2)22(25(36)38-28(3,4)5)15-21(18)23-16-24(34-26(30)33-23)40-13-12-31-17-20(35)10-9-11-32-27(37)39-29(6,7)8/h14-16,31H,9-13,17H2,1-8H3,(H,32,37)(H2,30,33,34). The first-order valence-corrected chi connectivity index (χ1v) is 14.3. The molecule has 11 heteroatoms. The Bertz CT molecular complexity index is 1200. The Morgan fingerprint density at radius 1 is 0.925 bits per heavy atom. The Balaban J connectivity index is 1.88. The highest BCUT2D eigenvalue weighted by molar-refractivity contribution is 7.99. The number of aromatic nitrogens is 2. The van der Waals surface area contributed by atoms with Gasteiger partial charge in [0, 0.05) is 30.8 Å². The molecule has 0 unspecified atom stereocenters. The number of Topliss-reactive ketones (excluding diaryl/α,β-unsaturated/α-hetero) is 1. The smallest absolute Gasteiger partial charge is 0.407 e. The van der Waals surface area contributed by atoms with Crippen LogP contribution in [-0.4, -0.2) is 64.4 Å². The molecule has 2 rings (SSSR count). The number of aryl methyl sites for hydroxylation is 2. The lowest BCUT2D eigenvalue weighted by Gasteiger charge is -2.21. The number of rotatable bonds is 12. The Labute approximate surface area is 241 Å². The number of benzene rings is 1. The molecule has 0 saturated carbocycles. The summed E-state index contributed by atoms with van der Waals surface area (Å²) in [4.78, 5) is 45.3. The van der Waals surface area contributed by atoms with Crippen molar-refractivity contribution in [2.45, 2.75) is 84.5 Å². The van der Waals surface area contributed by atoms with Crippen molar-refractivity contribution in [2.24, 2.45) is 0 Å². The van der Waals surface area contributed by atoms with Gasteiger partial charge in [-0.15, -0.1) is 11.8 Å². The van der Waals surface area contributed by atoms with Crippen LogP contribution in [0.25, 0.3) is 11.3 Å². The van der Waals surface area contributed by atoms with Gasteiger partial charge in [-0.05, 0) is 85.1 Å². The van der Waals surface area contributed by atoms with Gasteiger partial charge in [0.05, 0.1) is 17.8 Å². The Morgan fingerprint density at radius 2 is 1.60 bits per heavy atom. The fraction of sp³-hybridized carbons (Fsp3) is 0.552. The van der Waals surface area contributed by atoms with E-state index in [-0.39, 0.29) is 24.2 Å². The van der Waals surface area contributed by atoms with Gasteiger partial charge in [-0.25, -0.2) is 19.6 Å². The molecule has 40 heavy (non-hydrogen) atoms. The van der Waals surface area contributed by atoms with Gasteiger partial charge in [0.2, 0.25) is 5.95 Å². The van der Waals surface area contributed by atoms with E-state index in [1.54, 1.807) is 26.8 Å². The molecule has 0 radical (unpaired) electrons. The van der Waals surface area contributed by atoms with Crippen LogP contribution in [-0.2, 0) is 14.3 Å². The van der Waals surface area contributed by atoms with Crippen LogP contribution >= 0.6 is 11.8 Å². The van der Waals surface area contributed by atoms with Crippen molar-refractivity contribution < 1.29 is 23.9 Å². The molecule has 1 aromatic heterocycles. The van der Waals surface area contributed by atoms with E-state index in [0.717, 1.165) is 16.7 Å². The maximum absolute atomic E-state index is 12.8. The summed E-state index contributed by atoms with van der Waals surface area (Å²) in [5.74, 6) is 0.490. The SMILES string of the molecule is Cc1cc(C)c(-c2cc(SCCNCC(=O)CCCNC(=O)OC(C)(C)C)nc(N)n2)cc1C(=O)OC(C)(C)C. The molecule has 4 N–H and O–H groups in total. The largest absolute Gasteiger partial charge is 0.456 e. The molecule has 0 spiro atoms. The van der Waals surface area contributed by atoms with Crippen molar-refractivity contribution in [3.63, 3.8) is 0 Å². The van der Waals surface area contributed by atoms with Crippen LogP contribution in [0.15, 0.2) is 23.2 Å². The van der Waals surface area contributed by atoms with Gasteiger partial charge in [-0.1, -0.05) is 6.07 Å². The summed E-state index contributed by atoms with van der Waals surface area (Å²) in [6.45, 7) is 16.0. The van der Waals surface area contributed by atoms with Gasteiger partial charge in [0.15, 0.2) is 0 Å². The number of hydrogen-bond donors (Lipinski definition) is 3. The molecule has 10 nitrogen and oxygen atoms in total. The number of nitrogens with one attached hydrogen (secondary N) is 2. The summed E-state index contributed by atoms with van der Waals surface area (Å²) >= 11 is 1.49. The van der Waals surface area contributed by atoms with Crippen LogP contribution in [0.3, 0.4) is 0 Å². The summed E-state index contributed by atoms with van der Waals surface area (Å²) in [7, 11) is 0. The van der Waals surface area contributed by atoms with Crippen molar-refractivity contribution in [1.29, 1.82) is 0 Å². The molecule has 1 heterocycles. The van der Waals surface area contributed by atoms with Gasteiger partial charge in [0.25, 0.3) is 0 Å². The van der Waals surface area contributed by atoms with E-state index in [0.29, 0.717) is 48.0 Å². The van der Waals surface area contributed by atoms with Gasteiger partial charge < -0.3 is 25.8 Å². The minimum absolute atomic E-state index is 0.0696. The average Bonchev–Trinajstić information content (AvgIpc) is 2.79. The summed E-state index contributed by atoms with van der Waals surface area (Å²) in [5, 5.41) is 6.49. The lowest BCUT2D eigenvalue weighted by atomic mass is 9.97. The van der Waals surface area contributed by atoms with Gasteiger partial charge in [0.1, 0.15) is 22.0 Å². The maximum Gasteiger partial charge on any atom is 0.407 e. The Morgan fingerprint density at radius 3 is 2.25 bits per heavy atom. The molecular weight excluding hydrogens is 530 g/mol. The molecule has 2 aromatic rings. The summed E-state index contributed by atoms with van der Waals surface area (Å²) < 4.78 is 10.7. The van der Waals surface area contributed by atoms with E-state index in [1.807, 2.05) is 46.8 Å². The quantitative estimate of drug-likeness (QED) is 0.139. The van der Waals surface area contributed by atoms with E-state index >= 15 is 0 Å². The molecule has 0 aliphatic rings. The summed E-state index contributed by atoms with van der Waals surface area (Å²) in [5.41, 5.74) is 8.54. The van der Waals surface area contributed by atoms with Crippen LogP contribution in [0.2, 0.25) is 0 Å². The lowest BCUT2D eigenvalue weighted by Crippen LogP contribution is -2.33. The highest BCUT2D eigenvalue weighted by atomic mass is 32.2. The number of anilines is 1. The van der Waals surface area contributed by atoms with E-state index in [2.05, 4.69) is 20.6 Å². The third-order valence-electron chi connectivity index (χ3n) is 5.34. The number of esters is 1. The molecular formula is C29H43N5O5S. The van der Waals surface area contributed by atoms with Crippen LogP contribution in [0.5, 0.6) is 0 Å². The molecule has 1 aromatic carbocycles. The number of amides is 1.